The van der Waals surface area contributed by atoms with Crippen LogP contribution in [0.5, 0.6) is 0 Å². The fraction of sp³-hybridized carbons (Fsp3) is 0.800. The van der Waals surface area contributed by atoms with Crippen LogP contribution in [0.4, 0.5) is 5.69 Å². The predicted molar refractivity (Wildman–Crippen MR) is 80.6 cm³/mol. The van der Waals surface area contributed by atoms with E-state index in [4.69, 9.17) is 0 Å². The van der Waals surface area contributed by atoms with Crippen molar-refractivity contribution in [1.82, 2.24) is 15.1 Å². The Hall–Kier alpha value is -1.03. The third-order valence-corrected chi connectivity index (χ3v) is 4.21. The molecule has 1 aromatic heterocycles. The molecule has 0 radical (unpaired) electrons. The SMILES string of the molecule is CCC1CNC(C(C)(C)C)CN1c1cnn(CC)c1. The number of hydrogen-bond donors (Lipinski definition) is 1. The second-order valence-corrected chi connectivity index (χ2v) is 6.60. The molecule has 0 spiro atoms. The Morgan fingerprint density at radius 2 is 2.11 bits per heavy atom. The van der Waals surface area contributed by atoms with E-state index in [0.717, 1.165) is 19.6 Å². The highest BCUT2D eigenvalue weighted by Gasteiger charge is 2.33. The van der Waals surface area contributed by atoms with Crippen molar-refractivity contribution in [3.63, 3.8) is 0 Å². The van der Waals surface area contributed by atoms with E-state index in [-0.39, 0.29) is 5.41 Å². The minimum Gasteiger partial charge on any atom is -0.363 e. The molecule has 1 aromatic rings. The van der Waals surface area contributed by atoms with Crippen LogP contribution in [-0.4, -0.2) is 35.0 Å². The van der Waals surface area contributed by atoms with Gasteiger partial charge in [0, 0.05) is 37.9 Å². The molecule has 1 saturated heterocycles. The maximum absolute atomic E-state index is 4.42. The maximum atomic E-state index is 4.42. The Labute approximate surface area is 117 Å². The van der Waals surface area contributed by atoms with Gasteiger partial charge in [-0.15, -0.1) is 0 Å². The summed E-state index contributed by atoms with van der Waals surface area (Å²) in [4.78, 5) is 2.53. The van der Waals surface area contributed by atoms with Crippen molar-refractivity contribution in [3.05, 3.63) is 12.4 Å². The smallest absolute Gasteiger partial charge is 0.0755 e. The van der Waals surface area contributed by atoms with E-state index in [1.165, 1.54) is 12.1 Å². The lowest BCUT2D eigenvalue weighted by Crippen LogP contribution is -2.60. The zero-order valence-electron chi connectivity index (χ0n) is 13.0. The van der Waals surface area contributed by atoms with Crippen LogP contribution < -0.4 is 10.2 Å². The number of aromatic nitrogens is 2. The Morgan fingerprint density at radius 1 is 1.37 bits per heavy atom. The molecule has 0 aliphatic carbocycles. The summed E-state index contributed by atoms with van der Waals surface area (Å²) in [7, 11) is 0. The minimum absolute atomic E-state index is 0.289. The third-order valence-electron chi connectivity index (χ3n) is 4.21. The lowest BCUT2D eigenvalue weighted by Gasteiger charge is -2.45. The number of nitrogens with one attached hydrogen (secondary N) is 1. The minimum atomic E-state index is 0.289. The Bertz CT molecular complexity index is 405. The van der Waals surface area contributed by atoms with Gasteiger partial charge in [0.1, 0.15) is 0 Å². The average molecular weight is 264 g/mol. The van der Waals surface area contributed by atoms with Crippen molar-refractivity contribution in [2.24, 2.45) is 5.41 Å². The number of piperazine rings is 1. The lowest BCUT2D eigenvalue weighted by molar-refractivity contribution is 0.233. The number of hydrogen-bond acceptors (Lipinski definition) is 3. The molecule has 108 valence electrons. The largest absolute Gasteiger partial charge is 0.363 e. The van der Waals surface area contributed by atoms with Gasteiger partial charge in [0.15, 0.2) is 0 Å². The Morgan fingerprint density at radius 3 is 2.63 bits per heavy atom. The third kappa shape index (κ3) is 3.11. The van der Waals surface area contributed by atoms with Crippen LogP contribution >= 0.6 is 0 Å². The molecule has 0 amide bonds. The lowest BCUT2D eigenvalue weighted by atomic mass is 9.84. The summed E-state index contributed by atoms with van der Waals surface area (Å²) in [6.45, 7) is 14.4. The quantitative estimate of drug-likeness (QED) is 0.910. The van der Waals surface area contributed by atoms with Gasteiger partial charge in [0.2, 0.25) is 0 Å². The monoisotopic (exact) mass is 264 g/mol. The molecule has 4 heteroatoms. The molecule has 2 unspecified atom stereocenters. The van der Waals surface area contributed by atoms with Crippen molar-refractivity contribution in [1.29, 1.82) is 0 Å². The number of nitrogens with zero attached hydrogens (tertiary/aromatic N) is 3. The molecule has 0 bridgehead atoms. The van der Waals surface area contributed by atoms with E-state index in [1.807, 2.05) is 10.9 Å². The summed E-state index contributed by atoms with van der Waals surface area (Å²) in [6.07, 6.45) is 5.35. The number of anilines is 1. The van der Waals surface area contributed by atoms with E-state index in [1.54, 1.807) is 0 Å². The van der Waals surface area contributed by atoms with Crippen molar-refractivity contribution in [2.45, 2.75) is 59.7 Å². The summed E-state index contributed by atoms with van der Waals surface area (Å²) < 4.78 is 2.01. The van der Waals surface area contributed by atoms with Crippen LogP contribution in [0.1, 0.15) is 41.0 Å². The molecule has 0 saturated carbocycles. The first-order chi connectivity index (χ1) is 8.95. The van der Waals surface area contributed by atoms with Gasteiger partial charge in [-0.1, -0.05) is 27.7 Å². The van der Waals surface area contributed by atoms with Crippen LogP contribution in [0, 0.1) is 5.41 Å². The number of rotatable bonds is 3. The Balaban J connectivity index is 2.18. The molecule has 1 aliphatic rings. The van der Waals surface area contributed by atoms with Crippen LogP contribution in [0.2, 0.25) is 0 Å². The normalized spacial score (nSPS) is 24.8. The predicted octanol–water partition coefficient (Wildman–Crippen LogP) is 2.51. The summed E-state index contributed by atoms with van der Waals surface area (Å²) >= 11 is 0. The first-order valence-corrected chi connectivity index (χ1v) is 7.48. The molecule has 2 rings (SSSR count). The second-order valence-electron chi connectivity index (χ2n) is 6.60. The Kier molecular flexibility index (Phi) is 4.19. The van der Waals surface area contributed by atoms with Gasteiger partial charge >= 0.3 is 0 Å². The maximum Gasteiger partial charge on any atom is 0.0755 e. The topological polar surface area (TPSA) is 33.1 Å². The van der Waals surface area contributed by atoms with Crippen LogP contribution in [0.3, 0.4) is 0 Å². The van der Waals surface area contributed by atoms with Gasteiger partial charge < -0.3 is 10.2 Å². The van der Waals surface area contributed by atoms with Crippen molar-refractivity contribution in [2.75, 3.05) is 18.0 Å². The zero-order chi connectivity index (χ0) is 14.0. The van der Waals surface area contributed by atoms with Crippen LogP contribution in [0.15, 0.2) is 12.4 Å². The summed E-state index contributed by atoms with van der Waals surface area (Å²) in [5, 5.41) is 8.13. The standard InChI is InChI=1S/C15H28N4/c1-6-12-8-16-14(15(3,4)5)11-19(12)13-9-17-18(7-2)10-13/h9-10,12,14,16H,6-8,11H2,1-5H3. The van der Waals surface area contributed by atoms with Gasteiger partial charge in [-0.3, -0.25) is 4.68 Å². The van der Waals surface area contributed by atoms with E-state index < -0.39 is 0 Å². The van der Waals surface area contributed by atoms with Crippen LogP contribution in [-0.2, 0) is 6.54 Å². The van der Waals surface area contributed by atoms with Gasteiger partial charge in [0.25, 0.3) is 0 Å². The first kappa shape index (κ1) is 14.4. The molecule has 0 aromatic carbocycles. The molecular formula is C15H28N4. The highest BCUT2D eigenvalue weighted by Crippen LogP contribution is 2.27. The molecule has 1 fully saturated rings. The van der Waals surface area contributed by atoms with E-state index in [2.05, 4.69) is 56.1 Å². The van der Waals surface area contributed by atoms with Crippen LogP contribution in [0.25, 0.3) is 0 Å². The summed E-state index contributed by atoms with van der Waals surface area (Å²) in [5.74, 6) is 0. The van der Waals surface area contributed by atoms with E-state index in [9.17, 15) is 0 Å². The second kappa shape index (κ2) is 5.53. The molecular weight excluding hydrogens is 236 g/mol. The van der Waals surface area contributed by atoms with Crippen molar-refractivity contribution in [3.8, 4) is 0 Å². The van der Waals surface area contributed by atoms with E-state index >= 15 is 0 Å². The highest BCUT2D eigenvalue weighted by molar-refractivity contribution is 5.45. The first-order valence-electron chi connectivity index (χ1n) is 7.48. The fourth-order valence-electron chi connectivity index (χ4n) is 2.73. The van der Waals surface area contributed by atoms with Crippen molar-refractivity contribution >= 4 is 5.69 Å². The zero-order valence-corrected chi connectivity index (χ0v) is 13.0. The van der Waals surface area contributed by atoms with Gasteiger partial charge in [0.05, 0.1) is 11.9 Å². The molecule has 2 atom stereocenters. The van der Waals surface area contributed by atoms with Crippen molar-refractivity contribution < 1.29 is 0 Å². The van der Waals surface area contributed by atoms with Gasteiger partial charge in [-0.25, -0.2) is 0 Å². The molecule has 2 heterocycles. The molecule has 19 heavy (non-hydrogen) atoms. The van der Waals surface area contributed by atoms with Gasteiger partial charge in [-0.2, -0.15) is 5.10 Å². The van der Waals surface area contributed by atoms with Gasteiger partial charge in [-0.05, 0) is 18.8 Å². The molecule has 1 aliphatic heterocycles. The molecule has 4 nitrogen and oxygen atoms in total. The number of aryl methyl sites for hydroxylation is 1. The highest BCUT2D eigenvalue weighted by atomic mass is 15.3. The van der Waals surface area contributed by atoms with E-state index in [0.29, 0.717) is 12.1 Å². The molecule has 1 N–H and O–H groups in total. The summed E-state index contributed by atoms with van der Waals surface area (Å²) in [5.41, 5.74) is 1.56. The summed E-state index contributed by atoms with van der Waals surface area (Å²) in [6, 6.07) is 1.10. The fourth-order valence-corrected chi connectivity index (χ4v) is 2.73. The average Bonchev–Trinajstić information content (AvgIpc) is 2.85.